The summed E-state index contributed by atoms with van der Waals surface area (Å²) in [5, 5.41) is 2.93. The lowest BCUT2D eigenvalue weighted by Gasteiger charge is -2.33. The number of hydrogen-bond donors (Lipinski definition) is 1. The van der Waals surface area contributed by atoms with Gasteiger partial charge in [-0.3, -0.25) is 4.79 Å². The first kappa shape index (κ1) is 15.3. The lowest BCUT2D eigenvalue weighted by molar-refractivity contribution is -0.188. The Hall–Kier alpha value is -0.780. The standard InChI is InChI=1S/C12H20F3NO2/c1-18-11(17)7-4-8-16-10-6-3-2-5-9(10)12(13,14)15/h9-10,16H,2-8H2,1H3. The summed E-state index contributed by atoms with van der Waals surface area (Å²) < 4.78 is 42.8. The summed E-state index contributed by atoms with van der Waals surface area (Å²) in [6.45, 7) is 0.423. The van der Waals surface area contributed by atoms with Crippen LogP contribution in [0, 0.1) is 5.92 Å². The molecule has 1 N–H and O–H groups in total. The zero-order valence-electron chi connectivity index (χ0n) is 10.6. The van der Waals surface area contributed by atoms with Gasteiger partial charge in [-0.1, -0.05) is 12.8 Å². The van der Waals surface area contributed by atoms with Gasteiger partial charge >= 0.3 is 12.1 Å². The molecule has 0 spiro atoms. The van der Waals surface area contributed by atoms with Crippen LogP contribution >= 0.6 is 0 Å². The molecule has 0 radical (unpaired) electrons. The zero-order valence-corrected chi connectivity index (χ0v) is 10.6. The zero-order chi connectivity index (χ0) is 13.6. The molecule has 106 valence electrons. The first-order chi connectivity index (χ1) is 8.45. The minimum absolute atomic E-state index is 0.207. The van der Waals surface area contributed by atoms with Crippen molar-refractivity contribution >= 4 is 5.97 Å². The van der Waals surface area contributed by atoms with Gasteiger partial charge in [-0.25, -0.2) is 0 Å². The number of hydrogen-bond acceptors (Lipinski definition) is 3. The number of methoxy groups -OCH3 is 1. The van der Waals surface area contributed by atoms with Crippen LogP contribution in [0.3, 0.4) is 0 Å². The summed E-state index contributed by atoms with van der Waals surface area (Å²) in [6.07, 6.45) is -1.13. The molecule has 18 heavy (non-hydrogen) atoms. The van der Waals surface area contributed by atoms with E-state index in [1.807, 2.05) is 0 Å². The highest BCUT2D eigenvalue weighted by atomic mass is 19.4. The number of carbonyl (C=O) groups excluding carboxylic acids is 1. The molecule has 1 fully saturated rings. The maximum atomic E-state index is 12.8. The van der Waals surface area contributed by atoms with Crippen LogP contribution < -0.4 is 5.32 Å². The highest BCUT2D eigenvalue weighted by Gasteiger charge is 2.45. The summed E-state index contributed by atoms with van der Waals surface area (Å²) in [5.41, 5.74) is 0. The van der Waals surface area contributed by atoms with Gasteiger partial charge in [0.05, 0.1) is 13.0 Å². The van der Waals surface area contributed by atoms with Crippen molar-refractivity contribution in [2.75, 3.05) is 13.7 Å². The van der Waals surface area contributed by atoms with Crippen LogP contribution in [-0.4, -0.2) is 31.8 Å². The molecule has 3 nitrogen and oxygen atoms in total. The Morgan fingerprint density at radius 2 is 2.00 bits per heavy atom. The van der Waals surface area contributed by atoms with Crippen molar-refractivity contribution in [1.82, 2.24) is 5.32 Å². The summed E-state index contributed by atoms with van der Waals surface area (Å²) in [7, 11) is 1.30. The van der Waals surface area contributed by atoms with Gasteiger partial charge in [-0.2, -0.15) is 13.2 Å². The van der Waals surface area contributed by atoms with E-state index in [2.05, 4.69) is 10.1 Å². The molecule has 0 aromatic carbocycles. The lowest BCUT2D eigenvalue weighted by atomic mass is 9.84. The third-order valence-corrected chi connectivity index (χ3v) is 3.38. The maximum absolute atomic E-state index is 12.8. The molecule has 0 aromatic rings. The van der Waals surface area contributed by atoms with E-state index in [0.29, 0.717) is 25.8 Å². The number of esters is 1. The molecule has 1 aliphatic rings. The van der Waals surface area contributed by atoms with Crippen molar-refractivity contribution in [3.8, 4) is 0 Å². The Bertz CT molecular complexity index is 269. The number of carbonyl (C=O) groups is 1. The van der Waals surface area contributed by atoms with E-state index in [-0.39, 0.29) is 18.8 Å². The second-order valence-corrected chi connectivity index (χ2v) is 4.67. The van der Waals surface area contributed by atoms with Crippen molar-refractivity contribution < 1.29 is 22.7 Å². The topological polar surface area (TPSA) is 38.3 Å². The van der Waals surface area contributed by atoms with E-state index in [0.717, 1.165) is 6.42 Å². The summed E-state index contributed by atoms with van der Waals surface area (Å²) in [5.74, 6) is -1.57. The fraction of sp³-hybridized carbons (Fsp3) is 0.917. The van der Waals surface area contributed by atoms with E-state index in [1.165, 1.54) is 7.11 Å². The molecule has 1 saturated carbocycles. The molecule has 0 aromatic heterocycles. The maximum Gasteiger partial charge on any atom is 0.393 e. The Morgan fingerprint density at radius 3 is 2.61 bits per heavy atom. The van der Waals surface area contributed by atoms with E-state index in [9.17, 15) is 18.0 Å². The molecule has 0 saturated heterocycles. The SMILES string of the molecule is COC(=O)CCCNC1CCCCC1C(F)(F)F. The van der Waals surface area contributed by atoms with Crippen LogP contribution in [0.2, 0.25) is 0 Å². The Kier molecular flexibility index (Phi) is 5.91. The normalized spacial score (nSPS) is 24.9. The van der Waals surface area contributed by atoms with Gasteiger partial charge in [-0.15, -0.1) is 0 Å². The van der Waals surface area contributed by atoms with E-state index in [1.54, 1.807) is 0 Å². The monoisotopic (exact) mass is 267 g/mol. The molecule has 0 aliphatic heterocycles. The predicted molar refractivity (Wildman–Crippen MR) is 61.1 cm³/mol. The van der Waals surface area contributed by atoms with Crippen molar-refractivity contribution in [2.45, 2.75) is 50.7 Å². The van der Waals surface area contributed by atoms with Gasteiger partial charge < -0.3 is 10.1 Å². The van der Waals surface area contributed by atoms with Gasteiger partial charge in [0.1, 0.15) is 0 Å². The fourth-order valence-electron chi connectivity index (χ4n) is 2.39. The first-order valence-corrected chi connectivity index (χ1v) is 6.32. The quantitative estimate of drug-likeness (QED) is 0.614. The molecule has 0 amide bonds. The smallest absolute Gasteiger partial charge is 0.393 e. The Labute approximate surface area is 105 Å². The van der Waals surface area contributed by atoms with E-state index < -0.39 is 18.1 Å². The van der Waals surface area contributed by atoms with Gasteiger partial charge in [0, 0.05) is 12.5 Å². The molecule has 1 aliphatic carbocycles. The van der Waals surface area contributed by atoms with Crippen LogP contribution in [0.15, 0.2) is 0 Å². The van der Waals surface area contributed by atoms with Crippen LogP contribution in [0.25, 0.3) is 0 Å². The van der Waals surface area contributed by atoms with Gasteiger partial charge in [0.25, 0.3) is 0 Å². The van der Waals surface area contributed by atoms with Crippen LogP contribution in [0.5, 0.6) is 0 Å². The summed E-state index contributed by atoms with van der Waals surface area (Å²) in [6, 6.07) is -0.503. The molecule has 0 bridgehead atoms. The highest BCUT2D eigenvalue weighted by molar-refractivity contribution is 5.69. The van der Waals surface area contributed by atoms with Gasteiger partial charge in [0.15, 0.2) is 0 Å². The Balaban J connectivity index is 2.32. The molecule has 6 heteroatoms. The van der Waals surface area contributed by atoms with Crippen LogP contribution in [0.1, 0.15) is 38.5 Å². The fourth-order valence-corrected chi connectivity index (χ4v) is 2.39. The summed E-state index contributed by atoms with van der Waals surface area (Å²) >= 11 is 0. The van der Waals surface area contributed by atoms with E-state index in [4.69, 9.17) is 0 Å². The van der Waals surface area contributed by atoms with Gasteiger partial charge in [0.2, 0.25) is 0 Å². The second kappa shape index (κ2) is 6.97. The third-order valence-electron chi connectivity index (χ3n) is 3.38. The third kappa shape index (κ3) is 4.84. The van der Waals surface area contributed by atoms with Crippen molar-refractivity contribution in [3.63, 3.8) is 0 Å². The minimum Gasteiger partial charge on any atom is -0.469 e. The predicted octanol–water partition coefficient (Wildman–Crippen LogP) is 2.65. The number of halogens is 3. The number of ether oxygens (including phenoxy) is 1. The van der Waals surface area contributed by atoms with Crippen LogP contribution in [-0.2, 0) is 9.53 Å². The Morgan fingerprint density at radius 1 is 1.33 bits per heavy atom. The molecule has 0 heterocycles. The van der Waals surface area contributed by atoms with Crippen molar-refractivity contribution in [2.24, 2.45) is 5.92 Å². The van der Waals surface area contributed by atoms with Crippen molar-refractivity contribution in [3.05, 3.63) is 0 Å². The molecule has 2 unspecified atom stereocenters. The average molecular weight is 267 g/mol. The highest BCUT2D eigenvalue weighted by Crippen LogP contribution is 2.37. The molecular weight excluding hydrogens is 247 g/mol. The van der Waals surface area contributed by atoms with Crippen molar-refractivity contribution in [1.29, 1.82) is 0 Å². The van der Waals surface area contributed by atoms with Crippen LogP contribution in [0.4, 0.5) is 13.2 Å². The molecule has 2 atom stereocenters. The average Bonchev–Trinajstić information content (AvgIpc) is 2.33. The molecular formula is C12H20F3NO2. The summed E-state index contributed by atoms with van der Waals surface area (Å²) in [4.78, 5) is 10.9. The van der Waals surface area contributed by atoms with Gasteiger partial charge in [-0.05, 0) is 25.8 Å². The number of alkyl halides is 3. The number of rotatable bonds is 5. The first-order valence-electron chi connectivity index (χ1n) is 6.32. The number of nitrogens with one attached hydrogen (secondary N) is 1. The second-order valence-electron chi connectivity index (χ2n) is 4.67. The largest absolute Gasteiger partial charge is 0.469 e. The lowest BCUT2D eigenvalue weighted by Crippen LogP contribution is -2.45. The minimum atomic E-state index is -4.12. The van der Waals surface area contributed by atoms with E-state index >= 15 is 0 Å². The molecule has 1 rings (SSSR count).